The molecule has 3 rings (SSSR count). The van der Waals surface area contributed by atoms with Gasteiger partial charge in [-0.1, -0.05) is 25.1 Å². The molecule has 2 aromatic rings. The van der Waals surface area contributed by atoms with Crippen LogP contribution in [0.25, 0.3) is 0 Å². The highest BCUT2D eigenvalue weighted by Gasteiger charge is 2.38. The van der Waals surface area contributed by atoms with Gasteiger partial charge in [0.15, 0.2) is 0 Å². The summed E-state index contributed by atoms with van der Waals surface area (Å²) in [6, 6.07) is 8.70. The summed E-state index contributed by atoms with van der Waals surface area (Å²) >= 11 is 0. The maximum Gasteiger partial charge on any atom is 0.459 e. The first-order valence-corrected chi connectivity index (χ1v) is 12.5. The number of benzene rings is 1. The van der Waals surface area contributed by atoms with Crippen LogP contribution in [-0.2, 0) is 23.4 Å². The van der Waals surface area contributed by atoms with Gasteiger partial charge in [0.05, 0.1) is 18.8 Å². The minimum absolute atomic E-state index is 0.0580. The van der Waals surface area contributed by atoms with Crippen molar-refractivity contribution in [2.45, 2.75) is 58.6 Å². The maximum atomic E-state index is 13.6. The van der Waals surface area contributed by atoms with E-state index in [0.717, 1.165) is 0 Å². The molecule has 12 heteroatoms. The summed E-state index contributed by atoms with van der Waals surface area (Å²) in [6.45, 7) is 6.71. The Morgan fingerprint density at radius 3 is 2.59 bits per heavy atom. The number of aromatic nitrogens is 2. The van der Waals surface area contributed by atoms with Crippen LogP contribution in [-0.4, -0.2) is 40.4 Å². The lowest BCUT2D eigenvalue weighted by molar-refractivity contribution is -0.149. The Morgan fingerprint density at radius 2 is 1.94 bits per heavy atom. The van der Waals surface area contributed by atoms with Gasteiger partial charge in [0, 0.05) is 12.3 Å². The Hall–Kier alpha value is -2.72. The fraction of sp³-hybridized carbons (Fsp3) is 0.500. The lowest BCUT2D eigenvalue weighted by atomic mass is 10.0. The Kier molecular flexibility index (Phi) is 8.48. The second kappa shape index (κ2) is 11.1. The maximum absolute atomic E-state index is 13.6. The molecule has 186 valence electrons. The van der Waals surface area contributed by atoms with E-state index < -0.39 is 43.3 Å². The number of esters is 1. The minimum atomic E-state index is -4.03. The molecule has 1 aliphatic rings. The molecule has 0 spiro atoms. The molecule has 1 aromatic heterocycles. The molecule has 11 nitrogen and oxygen atoms in total. The number of carbonyl (C=O) groups is 1. The van der Waals surface area contributed by atoms with E-state index in [1.807, 2.05) is 6.92 Å². The van der Waals surface area contributed by atoms with Crippen molar-refractivity contribution in [1.82, 2.24) is 14.6 Å². The predicted molar refractivity (Wildman–Crippen MR) is 123 cm³/mol. The fourth-order valence-electron chi connectivity index (χ4n) is 3.40. The molecule has 0 bridgehead atoms. The van der Waals surface area contributed by atoms with Gasteiger partial charge in [0.25, 0.3) is 5.56 Å². The van der Waals surface area contributed by atoms with E-state index in [2.05, 4.69) is 10.1 Å². The van der Waals surface area contributed by atoms with Gasteiger partial charge < -0.3 is 14.0 Å². The van der Waals surface area contributed by atoms with Crippen LogP contribution in [0.1, 0.15) is 40.3 Å². The third-order valence-electron chi connectivity index (χ3n) is 5.14. The van der Waals surface area contributed by atoms with Crippen molar-refractivity contribution in [2.75, 3.05) is 6.61 Å². The Morgan fingerprint density at radius 1 is 1.24 bits per heavy atom. The van der Waals surface area contributed by atoms with Crippen molar-refractivity contribution in [3.63, 3.8) is 0 Å². The SMILES string of the molecule is CC(C)OC(=O)[C@H](C)NP(=O)(OC[C@H]1O[C@@H](n2ccc(=O)[nH]c2=O)C[C@H]1C)Oc1ccccc1. The molecule has 2 heterocycles. The van der Waals surface area contributed by atoms with Crippen molar-refractivity contribution in [3.05, 3.63) is 63.4 Å². The topological polar surface area (TPSA) is 138 Å². The molecule has 1 unspecified atom stereocenters. The highest BCUT2D eigenvalue weighted by molar-refractivity contribution is 7.52. The summed E-state index contributed by atoms with van der Waals surface area (Å²) in [6.07, 6.45) is 0.378. The van der Waals surface area contributed by atoms with Crippen LogP contribution in [0.15, 0.2) is 52.2 Å². The number of nitrogens with one attached hydrogen (secondary N) is 2. The first-order valence-electron chi connectivity index (χ1n) is 11.0. The third-order valence-corrected chi connectivity index (χ3v) is 6.78. The van der Waals surface area contributed by atoms with Gasteiger partial charge in [-0.2, -0.15) is 5.09 Å². The molecule has 0 aliphatic carbocycles. The van der Waals surface area contributed by atoms with Gasteiger partial charge in [-0.15, -0.1) is 0 Å². The number of para-hydroxylation sites is 1. The van der Waals surface area contributed by atoms with E-state index in [1.54, 1.807) is 44.2 Å². The van der Waals surface area contributed by atoms with Crippen LogP contribution in [0.5, 0.6) is 5.75 Å². The average molecular weight is 495 g/mol. The summed E-state index contributed by atoms with van der Waals surface area (Å²) in [5, 5.41) is 2.63. The van der Waals surface area contributed by atoms with Crippen LogP contribution in [0.4, 0.5) is 0 Å². The largest absolute Gasteiger partial charge is 0.462 e. The van der Waals surface area contributed by atoms with Crippen LogP contribution >= 0.6 is 7.75 Å². The molecule has 2 N–H and O–H groups in total. The molecular formula is C22H30N3O8P. The highest BCUT2D eigenvalue weighted by atomic mass is 31.2. The minimum Gasteiger partial charge on any atom is -0.462 e. The van der Waals surface area contributed by atoms with Gasteiger partial charge >= 0.3 is 19.4 Å². The molecule has 5 atom stereocenters. The third kappa shape index (κ3) is 6.89. The Bertz CT molecular complexity index is 1130. The quantitative estimate of drug-likeness (QED) is 0.376. The summed E-state index contributed by atoms with van der Waals surface area (Å²) in [4.78, 5) is 37.9. The molecular weight excluding hydrogens is 465 g/mol. The van der Waals surface area contributed by atoms with Crippen molar-refractivity contribution < 1.29 is 27.9 Å². The van der Waals surface area contributed by atoms with Crippen molar-refractivity contribution in [1.29, 1.82) is 0 Å². The zero-order chi connectivity index (χ0) is 24.9. The molecule has 1 fully saturated rings. The van der Waals surface area contributed by atoms with Crippen molar-refractivity contribution in [2.24, 2.45) is 5.92 Å². The Labute approximate surface area is 197 Å². The van der Waals surface area contributed by atoms with Crippen LogP contribution in [0.2, 0.25) is 0 Å². The van der Waals surface area contributed by atoms with E-state index in [1.165, 1.54) is 23.8 Å². The van der Waals surface area contributed by atoms with Crippen molar-refractivity contribution in [3.8, 4) is 5.75 Å². The average Bonchev–Trinajstić information content (AvgIpc) is 3.12. The number of rotatable bonds is 10. The molecule has 0 amide bonds. The number of carbonyl (C=O) groups excluding carboxylic acids is 1. The normalized spacial score (nSPS) is 22.8. The molecule has 1 saturated heterocycles. The predicted octanol–water partition coefficient (Wildman–Crippen LogP) is 2.59. The van der Waals surface area contributed by atoms with Crippen LogP contribution < -0.4 is 20.9 Å². The van der Waals surface area contributed by atoms with Gasteiger partial charge in [0.2, 0.25) is 0 Å². The van der Waals surface area contributed by atoms with Crippen molar-refractivity contribution >= 4 is 13.7 Å². The number of ether oxygens (including phenoxy) is 2. The standard InChI is InChI=1S/C22H30N3O8P/c1-14(2)31-21(27)16(4)24-34(29,33-17-8-6-5-7-9-17)30-13-18-15(3)12-20(32-18)25-11-10-19(26)23-22(25)28/h5-11,14-16,18,20H,12-13H2,1-4H3,(H,24,29)(H,23,26,28)/t15-,16+,18-,20-,34?/m1/s1. The number of hydrogen-bond donors (Lipinski definition) is 2. The van der Waals surface area contributed by atoms with E-state index >= 15 is 0 Å². The monoisotopic (exact) mass is 495 g/mol. The number of H-pyrrole nitrogens is 1. The lowest BCUT2D eigenvalue weighted by Crippen LogP contribution is -2.37. The summed E-state index contributed by atoms with van der Waals surface area (Å²) in [7, 11) is -4.03. The van der Waals surface area contributed by atoms with E-state index in [4.69, 9.17) is 18.5 Å². The molecule has 0 radical (unpaired) electrons. The van der Waals surface area contributed by atoms with E-state index in [9.17, 15) is 18.9 Å². The second-order valence-electron chi connectivity index (χ2n) is 8.39. The highest BCUT2D eigenvalue weighted by Crippen LogP contribution is 2.46. The van der Waals surface area contributed by atoms with E-state index in [0.29, 0.717) is 12.2 Å². The number of hydrogen-bond acceptors (Lipinski definition) is 8. The lowest BCUT2D eigenvalue weighted by Gasteiger charge is -2.25. The van der Waals surface area contributed by atoms with Gasteiger partial charge in [0.1, 0.15) is 18.0 Å². The summed E-state index contributed by atoms with van der Waals surface area (Å²) in [5.74, 6) is -0.364. The van der Waals surface area contributed by atoms with Gasteiger partial charge in [-0.25, -0.2) is 9.36 Å². The summed E-state index contributed by atoms with van der Waals surface area (Å²) in [5.41, 5.74) is -1.08. The zero-order valence-corrected chi connectivity index (χ0v) is 20.4. The van der Waals surface area contributed by atoms with Gasteiger partial charge in [-0.05, 0) is 45.2 Å². The molecule has 34 heavy (non-hydrogen) atoms. The second-order valence-corrected chi connectivity index (χ2v) is 10.1. The first-order chi connectivity index (χ1) is 16.1. The summed E-state index contributed by atoms with van der Waals surface area (Å²) < 4.78 is 37.3. The molecule has 1 aliphatic heterocycles. The Balaban J connectivity index is 1.71. The number of nitrogens with zero attached hydrogens (tertiary/aromatic N) is 1. The number of aromatic amines is 1. The first kappa shape index (κ1) is 25.9. The fourth-order valence-corrected chi connectivity index (χ4v) is 4.91. The van der Waals surface area contributed by atoms with Crippen LogP contribution in [0.3, 0.4) is 0 Å². The zero-order valence-electron chi connectivity index (χ0n) is 19.5. The molecule has 0 saturated carbocycles. The molecule has 1 aromatic carbocycles. The smallest absolute Gasteiger partial charge is 0.459 e. The van der Waals surface area contributed by atoms with E-state index in [-0.39, 0.29) is 18.6 Å². The van der Waals surface area contributed by atoms with Gasteiger partial charge in [-0.3, -0.25) is 23.7 Å². The van der Waals surface area contributed by atoms with Crippen LogP contribution in [0, 0.1) is 5.92 Å².